The first-order chi connectivity index (χ1) is 7.25. The van der Waals surface area contributed by atoms with Gasteiger partial charge in [-0.15, -0.1) is 0 Å². The molecule has 15 heavy (non-hydrogen) atoms. The van der Waals surface area contributed by atoms with Gasteiger partial charge in [-0.25, -0.2) is 0 Å². The summed E-state index contributed by atoms with van der Waals surface area (Å²) in [7, 11) is 0. The minimum absolute atomic E-state index is 0.273. The van der Waals surface area contributed by atoms with E-state index in [1.807, 2.05) is 31.2 Å². The molecule has 1 aromatic carbocycles. The van der Waals surface area contributed by atoms with Gasteiger partial charge >= 0.3 is 0 Å². The van der Waals surface area contributed by atoms with Gasteiger partial charge in [0.25, 0.3) is 0 Å². The zero-order valence-electron chi connectivity index (χ0n) is 8.59. The maximum absolute atomic E-state index is 9.56. The summed E-state index contributed by atoms with van der Waals surface area (Å²) in [5.41, 5.74) is 9.91. The molecule has 0 aliphatic rings. The molecule has 0 aliphatic carbocycles. The number of nitrogens with zero attached hydrogens (tertiary/aromatic N) is 3. The third-order valence-electron chi connectivity index (χ3n) is 2.04. The lowest BCUT2D eigenvalue weighted by molar-refractivity contribution is 0.473. The number of aromatic hydroxyl groups is 1. The zero-order valence-corrected chi connectivity index (χ0v) is 8.59. The highest BCUT2D eigenvalue weighted by atomic mass is 16.3. The van der Waals surface area contributed by atoms with E-state index < -0.39 is 0 Å². The summed E-state index contributed by atoms with van der Waals surface area (Å²) >= 11 is 0. The van der Waals surface area contributed by atoms with E-state index in [-0.39, 0.29) is 5.75 Å². The molecule has 0 saturated heterocycles. The van der Waals surface area contributed by atoms with E-state index in [0.717, 1.165) is 11.1 Å². The van der Waals surface area contributed by atoms with Crippen LogP contribution < -0.4 is 0 Å². The van der Waals surface area contributed by atoms with E-state index in [9.17, 15) is 5.11 Å². The first-order valence-electron chi connectivity index (χ1n) is 4.71. The standard InChI is InChI=1S/C11H13N3O/c1-9-5-4-7-11(15)10(9)6-2-3-8-13-14-12/h2,4-7,15H,3,8H2,1H3. The summed E-state index contributed by atoms with van der Waals surface area (Å²) in [5, 5.41) is 13.0. The highest BCUT2D eigenvalue weighted by Gasteiger charge is 1.98. The minimum Gasteiger partial charge on any atom is -0.507 e. The second-order valence-corrected chi connectivity index (χ2v) is 3.15. The van der Waals surface area contributed by atoms with Gasteiger partial charge in [0.1, 0.15) is 5.75 Å². The lowest BCUT2D eigenvalue weighted by atomic mass is 10.1. The van der Waals surface area contributed by atoms with E-state index in [1.54, 1.807) is 6.07 Å². The Bertz CT molecular complexity index is 386. The van der Waals surface area contributed by atoms with Crippen molar-refractivity contribution in [2.45, 2.75) is 13.3 Å². The largest absolute Gasteiger partial charge is 0.507 e. The summed E-state index contributed by atoms with van der Waals surface area (Å²) in [6.45, 7) is 2.38. The molecule has 78 valence electrons. The summed E-state index contributed by atoms with van der Waals surface area (Å²) in [4.78, 5) is 2.66. The maximum atomic E-state index is 9.56. The molecule has 1 N–H and O–H groups in total. The van der Waals surface area contributed by atoms with Crippen molar-refractivity contribution < 1.29 is 5.11 Å². The Morgan fingerprint density at radius 3 is 3.00 bits per heavy atom. The molecule has 0 aromatic heterocycles. The van der Waals surface area contributed by atoms with Crippen molar-refractivity contribution >= 4 is 6.08 Å². The molecule has 0 spiro atoms. The molecule has 0 saturated carbocycles. The summed E-state index contributed by atoms with van der Waals surface area (Å²) < 4.78 is 0. The summed E-state index contributed by atoms with van der Waals surface area (Å²) in [6.07, 6.45) is 4.41. The van der Waals surface area contributed by atoms with Gasteiger partial charge in [0.15, 0.2) is 0 Å². The van der Waals surface area contributed by atoms with Gasteiger partial charge in [-0.3, -0.25) is 0 Å². The van der Waals surface area contributed by atoms with Gasteiger partial charge < -0.3 is 5.11 Å². The number of phenolic OH excluding ortho intramolecular Hbond substituents is 1. The molecule has 0 aliphatic heterocycles. The van der Waals surface area contributed by atoms with Crippen LogP contribution in [-0.2, 0) is 0 Å². The fourth-order valence-corrected chi connectivity index (χ4v) is 1.26. The van der Waals surface area contributed by atoms with Gasteiger partial charge in [0.2, 0.25) is 0 Å². The highest BCUT2D eigenvalue weighted by molar-refractivity contribution is 5.60. The predicted molar refractivity (Wildman–Crippen MR) is 60.5 cm³/mol. The number of aryl methyl sites for hydroxylation is 1. The van der Waals surface area contributed by atoms with E-state index in [0.29, 0.717) is 13.0 Å². The molecule has 0 fully saturated rings. The van der Waals surface area contributed by atoms with Gasteiger partial charge in [-0.1, -0.05) is 29.4 Å². The number of benzene rings is 1. The molecule has 0 unspecified atom stereocenters. The van der Waals surface area contributed by atoms with Crippen molar-refractivity contribution in [2.75, 3.05) is 6.54 Å². The summed E-state index contributed by atoms with van der Waals surface area (Å²) in [6, 6.07) is 5.40. The monoisotopic (exact) mass is 203 g/mol. The number of rotatable bonds is 4. The van der Waals surface area contributed by atoms with Gasteiger partial charge in [-0.2, -0.15) is 0 Å². The molecule has 0 amide bonds. The van der Waals surface area contributed by atoms with Gasteiger partial charge in [0, 0.05) is 17.0 Å². The second kappa shape index (κ2) is 5.73. The van der Waals surface area contributed by atoms with Crippen LogP contribution in [0.2, 0.25) is 0 Å². The van der Waals surface area contributed by atoms with E-state index in [4.69, 9.17) is 5.53 Å². The van der Waals surface area contributed by atoms with Crippen LogP contribution in [0.15, 0.2) is 29.4 Å². The van der Waals surface area contributed by atoms with Crippen LogP contribution in [-0.4, -0.2) is 11.7 Å². The Hall–Kier alpha value is -1.93. The molecule has 1 aromatic rings. The van der Waals surface area contributed by atoms with Crippen molar-refractivity contribution in [3.63, 3.8) is 0 Å². The fraction of sp³-hybridized carbons (Fsp3) is 0.273. The van der Waals surface area contributed by atoms with Crippen LogP contribution >= 0.6 is 0 Å². The SMILES string of the molecule is Cc1cccc(O)c1C=CCCN=[N+]=[N-]. The molecule has 0 bridgehead atoms. The third kappa shape index (κ3) is 3.37. The van der Waals surface area contributed by atoms with Crippen LogP contribution in [0.3, 0.4) is 0 Å². The molecule has 0 heterocycles. The smallest absolute Gasteiger partial charge is 0.123 e. The molecule has 0 radical (unpaired) electrons. The number of hydrogen-bond donors (Lipinski definition) is 1. The summed E-state index contributed by atoms with van der Waals surface area (Å²) in [5.74, 6) is 0.273. The van der Waals surface area contributed by atoms with Crippen molar-refractivity contribution in [2.24, 2.45) is 5.11 Å². The van der Waals surface area contributed by atoms with Gasteiger partial charge in [0.05, 0.1) is 0 Å². The van der Waals surface area contributed by atoms with E-state index in [1.165, 1.54) is 0 Å². The van der Waals surface area contributed by atoms with Crippen molar-refractivity contribution in [3.05, 3.63) is 45.8 Å². The minimum atomic E-state index is 0.273. The van der Waals surface area contributed by atoms with Crippen molar-refractivity contribution in [3.8, 4) is 5.75 Å². The number of azide groups is 1. The number of hydrogen-bond acceptors (Lipinski definition) is 2. The normalized spacial score (nSPS) is 10.2. The molecular formula is C11H13N3O. The zero-order chi connectivity index (χ0) is 11.1. The molecular weight excluding hydrogens is 190 g/mol. The quantitative estimate of drug-likeness (QED) is 0.346. The Morgan fingerprint density at radius 1 is 1.53 bits per heavy atom. The van der Waals surface area contributed by atoms with Crippen LogP contribution in [0, 0.1) is 6.92 Å². The third-order valence-corrected chi connectivity index (χ3v) is 2.04. The molecule has 4 heteroatoms. The molecule has 0 atom stereocenters. The fourth-order valence-electron chi connectivity index (χ4n) is 1.26. The van der Waals surface area contributed by atoms with Crippen LogP contribution in [0.1, 0.15) is 17.5 Å². The average molecular weight is 203 g/mol. The lowest BCUT2D eigenvalue weighted by Crippen LogP contribution is -1.81. The molecule has 4 nitrogen and oxygen atoms in total. The van der Waals surface area contributed by atoms with Crippen molar-refractivity contribution in [1.82, 2.24) is 0 Å². The Morgan fingerprint density at radius 2 is 2.33 bits per heavy atom. The van der Waals surface area contributed by atoms with E-state index >= 15 is 0 Å². The maximum Gasteiger partial charge on any atom is 0.123 e. The predicted octanol–water partition coefficient (Wildman–Crippen LogP) is 3.41. The van der Waals surface area contributed by atoms with Crippen LogP contribution in [0.5, 0.6) is 5.75 Å². The highest BCUT2D eigenvalue weighted by Crippen LogP contribution is 2.21. The van der Waals surface area contributed by atoms with E-state index in [2.05, 4.69) is 10.0 Å². The Balaban J connectivity index is 2.67. The second-order valence-electron chi connectivity index (χ2n) is 3.15. The van der Waals surface area contributed by atoms with Gasteiger partial charge in [-0.05, 0) is 30.5 Å². The van der Waals surface area contributed by atoms with Crippen molar-refractivity contribution in [1.29, 1.82) is 0 Å². The Labute approximate surface area is 88.5 Å². The van der Waals surface area contributed by atoms with Crippen LogP contribution in [0.25, 0.3) is 16.5 Å². The van der Waals surface area contributed by atoms with Crippen LogP contribution in [0.4, 0.5) is 0 Å². The lowest BCUT2D eigenvalue weighted by Gasteiger charge is -2.02. The topological polar surface area (TPSA) is 69.0 Å². The Kier molecular flexibility index (Phi) is 4.26. The first kappa shape index (κ1) is 11.1. The molecule has 1 rings (SSSR count). The first-order valence-corrected chi connectivity index (χ1v) is 4.71. The average Bonchev–Trinajstić information content (AvgIpc) is 2.21. The number of phenols is 1.